The van der Waals surface area contributed by atoms with E-state index in [1.165, 1.54) is 24.4 Å². The molecule has 0 saturated heterocycles. The van der Waals surface area contributed by atoms with E-state index in [9.17, 15) is 35.2 Å². The number of fused-ring (bicyclic) bond motifs is 1. The molecule has 182 valence electrons. The maximum Gasteiger partial charge on any atom is 0.492 e. The Morgan fingerprint density at radius 3 is 2.35 bits per heavy atom. The van der Waals surface area contributed by atoms with Gasteiger partial charge in [-0.2, -0.15) is 13.2 Å². The second-order valence-corrected chi connectivity index (χ2v) is 9.53. The molecule has 1 N–H and O–H groups in total. The molecule has 1 aliphatic rings. The van der Waals surface area contributed by atoms with E-state index in [1.807, 2.05) is 0 Å². The third-order valence-electron chi connectivity index (χ3n) is 5.52. The lowest BCUT2D eigenvalue weighted by atomic mass is 10.0. The highest BCUT2D eigenvalue weighted by molar-refractivity contribution is 7.89. The van der Waals surface area contributed by atoms with Gasteiger partial charge in [0.15, 0.2) is 0 Å². The van der Waals surface area contributed by atoms with E-state index in [0.717, 1.165) is 12.1 Å². The molecule has 0 bridgehead atoms. The molecule has 13 heteroatoms. The van der Waals surface area contributed by atoms with Gasteiger partial charge in [0.2, 0.25) is 0 Å². The summed E-state index contributed by atoms with van der Waals surface area (Å²) in [4.78, 5) is 21.9. The Hall–Kier alpha value is -3.06. The summed E-state index contributed by atoms with van der Waals surface area (Å²) < 4.78 is 90.7. The van der Waals surface area contributed by atoms with Crippen LogP contribution in [0.4, 0.5) is 22.0 Å². The lowest BCUT2D eigenvalue weighted by Gasteiger charge is -2.26. The van der Waals surface area contributed by atoms with Gasteiger partial charge in [0, 0.05) is 11.6 Å². The van der Waals surface area contributed by atoms with E-state index in [-0.39, 0.29) is 33.5 Å². The molecule has 1 saturated carbocycles. The fourth-order valence-corrected chi connectivity index (χ4v) is 5.35. The van der Waals surface area contributed by atoms with E-state index in [1.54, 1.807) is 6.07 Å². The van der Waals surface area contributed by atoms with Crippen LogP contribution in [0.15, 0.2) is 47.5 Å². The van der Waals surface area contributed by atoms with Gasteiger partial charge in [-0.3, -0.25) is 0 Å². The van der Waals surface area contributed by atoms with Crippen LogP contribution < -0.4 is 0 Å². The number of aromatic nitrogens is 2. The second-order valence-electron chi connectivity index (χ2n) is 7.75. The largest absolute Gasteiger partial charge is 0.492 e. The van der Waals surface area contributed by atoms with Gasteiger partial charge in [-0.05, 0) is 52.7 Å². The van der Waals surface area contributed by atoms with Crippen LogP contribution in [-0.2, 0) is 19.7 Å². The third kappa shape index (κ3) is 4.62. The number of halogens is 5. The van der Waals surface area contributed by atoms with E-state index in [2.05, 4.69) is 14.8 Å². The Kier molecular flexibility index (Phi) is 6.34. The molecule has 2 aromatic heterocycles. The number of benzene rings is 1. The standard InChI is InChI=1S/C21H18F5N3O4S/c22-18(23)17-11-16-15(9-10-27-19(16)28-17)12-5-7-14(8-6-12)34(31,32)29(13-3-1-2-4-13)33-20(30)21(24,25)26/h5-11,13,18H,1-4H2,(H,27,28). The molecule has 2 heterocycles. The van der Waals surface area contributed by atoms with Crippen LogP contribution in [0.5, 0.6) is 0 Å². The monoisotopic (exact) mass is 503 g/mol. The molecule has 0 atom stereocenters. The van der Waals surface area contributed by atoms with Crippen molar-refractivity contribution >= 4 is 27.0 Å². The van der Waals surface area contributed by atoms with E-state index < -0.39 is 34.6 Å². The summed E-state index contributed by atoms with van der Waals surface area (Å²) in [6, 6.07) is 6.96. The maximum absolute atomic E-state index is 13.1. The third-order valence-corrected chi connectivity index (χ3v) is 7.23. The Morgan fingerprint density at radius 2 is 1.76 bits per heavy atom. The van der Waals surface area contributed by atoms with Gasteiger partial charge in [-0.15, -0.1) is 0 Å². The first-order valence-corrected chi connectivity index (χ1v) is 11.6. The number of H-pyrrole nitrogens is 1. The Morgan fingerprint density at radius 1 is 1.12 bits per heavy atom. The highest BCUT2D eigenvalue weighted by Gasteiger charge is 2.46. The number of hydrogen-bond donors (Lipinski definition) is 1. The first-order chi connectivity index (χ1) is 16.0. The zero-order chi connectivity index (χ0) is 24.7. The molecule has 0 spiro atoms. The van der Waals surface area contributed by atoms with Crippen LogP contribution in [0.25, 0.3) is 22.2 Å². The maximum atomic E-state index is 13.1. The van der Waals surface area contributed by atoms with Crippen LogP contribution >= 0.6 is 0 Å². The predicted octanol–water partition coefficient (Wildman–Crippen LogP) is 5.12. The summed E-state index contributed by atoms with van der Waals surface area (Å²) in [5.41, 5.74) is 0.850. The van der Waals surface area contributed by atoms with Gasteiger partial charge in [-0.25, -0.2) is 27.0 Å². The zero-order valence-electron chi connectivity index (χ0n) is 17.4. The van der Waals surface area contributed by atoms with Gasteiger partial charge in [0.25, 0.3) is 16.4 Å². The molecule has 4 rings (SSSR count). The van der Waals surface area contributed by atoms with Gasteiger partial charge >= 0.3 is 12.1 Å². The number of sulfonamides is 1. The fraction of sp³-hybridized carbons (Fsp3) is 0.333. The Bertz CT molecular complexity index is 1300. The van der Waals surface area contributed by atoms with Crippen LogP contribution in [0.3, 0.4) is 0 Å². The molecule has 0 unspecified atom stereocenters. The molecule has 0 radical (unpaired) electrons. The van der Waals surface area contributed by atoms with Gasteiger partial charge in [0.05, 0.1) is 16.6 Å². The first kappa shape index (κ1) is 24.1. The summed E-state index contributed by atoms with van der Waals surface area (Å²) in [7, 11) is -4.62. The van der Waals surface area contributed by atoms with Crippen molar-refractivity contribution in [2.24, 2.45) is 0 Å². The summed E-state index contributed by atoms with van der Waals surface area (Å²) in [6.07, 6.45) is -5.06. The van der Waals surface area contributed by atoms with Crippen LogP contribution in [0.1, 0.15) is 37.8 Å². The van der Waals surface area contributed by atoms with E-state index >= 15 is 0 Å². The fourth-order valence-electron chi connectivity index (χ4n) is 3.90. The van der Waals surface area contributed by atoms with Crippen molar-refractivity contribution in [1.29, 1.82) is 0 Å². The number of rotatable bonds is 6. The van der Waals surface area contributed by atoms with Crippen molar-refractivity contribution in [3.8, 4) is 11.1 Å². The average Bonchev–Trinajstić information content (AvgIpc) is 3.46. The van der Waals surface area contributed by atoms with Crippen molar-refractivity contribution in [1.82, 2.24) is 14.4 Å². The highest BCUT2D eigenvalue weighted by atomic mass is 32.2. The molecule has 0 amide bonds. The number of hydroxylamine groups is 1. The Labute approximate surface area is 190 Å². The van der Waals surface area contributed by atoms with Gasteiger partial charge in [-0.1, -0.05) is 25.0 Å². The van der Waals surface area contributed by atoms with Gasteiger partial charge in [0.1, 0.15) is 5.65 Å². The average molecular weight is 503 g/mol. The number of nitrogens with zero attached hydrogens (tertiary/aromatic N) is 2. The van der Waals surface area contributed by atoms with E-state index in [0.29, 0.717) is 29.4 Å². The molecule has 7 nitrogen and oxygen atoms in total. The van der Waals surface area contributed by atoms with Crippen LogP contribution in [0, 0.1) is 0 Å². The molecule has 34 heavy (non-hydrogen) atoms. The summed E-state index contributed by atoms with van der Waals surface area (Å²) in [5.74, 6) is -2.62. The highest BCUT2D eigenvalue weighted by Crippen LogP contribution is 2.34. The number of alkyl halides is 5. The van der Waals surface area contributed by atoms with E-state index in [4.69, 9.17) is 0 Å². The predicted molar refractivity (Wildman–Crippen MR) is 110 cm³/mol. The smallest absolute Gasteiger partial charge is 0.345 e. The number of carbonyl (C=O) groups excluding carboxylic acids is 1. The van der Waals surface area contributed by atoms with Crippen molar-refractivity contribution < 1.29 is 40.0 Å². The summed E-state index contributed by atoms with van der Waals surface area (Å²) in [5, 5.41) is 0.389. The normalized spacial score (nSPS) is 15.5. The van der Waals surface area contributed by atoms with Crippen molar-refractivity contribution in [3.63, 3.8) is 0 Å². The van der Waals surface area contributed by atoms with Crippen molar-refractivity contribution in [2.45, 2.75) is 49.2 Å². The minimum Gasteiger partial charge on any atom is -0.345 e. The lowest BCUT2D eigenvalue weighted by Crippen LogP contribution is -2.43. The van der Waals surface area contributed by atoms with Crippen molar-refractivity contribution in [3.05, 3.63) is 48.3 Å². The molecule has 1 aromatic carbocycles. The zero-order valence-corrected chi connectivity index (χ0v) is 18.2. The topological polar surface area (TPSA) is 92.4 Å². The SMILES string of the molecule is O=C(ON(C1CCCC1)S(=O)(=O)c1ccc(-c2ccnc3[nH]c(C(F)F)cc23)cc1)C(F)(F)F. The molecular formula is C21H18F5N3O4S. The summed E-state index contributed by atoms with van der Waals surface area (Å²) >= 11 is 0. The number of aromatic amines is 1. The van der Waals surface area contributed by atoms with Gasteiger partial charge < -0.3 is 9.82 Å². The number of carbonyl (C=O) groups is 1. The number of nitrogens with one attached hydrogen (secondary N) is 1. The quantitative estimate of drug-likeness (QED) is 0.372. The van der Waals surface area contributed by atoms with Crippen molar-refractivity contribution in [2.75, 3.05) is 0 Å². The second kappa shape index (κ2) is 8.95. The first-order valence-electron chi connectivity index (χ1n) is 10.2. The molecule has 3 aromatic rings. The molecule has 0 aliphatic heterocycles. The van der Waals surface area contributed by atoms with Crippen LogP contribution in [-0.4, -0.2) is 41.0 Å². The number of pyridine rings is 1. The molecule has 1 fully saturated rings. The van der Waals surface area contributed by atoms with Crippen LogP contribution in [0.2, 0.25) is 0 Å². The lowest BCUT2D eigenvalue weighted by molar-refractivity contribution is -0.226. The Balaban J connectivity index is 1.68. The minimum absolute atomic E-state index is 0.149. The molecular weight excluding hydrogens is 485 g/mol. The summed E-state index contributed by atoms with van der Waals surface area (Å²) in [6.45, 7) is 0. The minimum atomic E-state index is -5.36. The molecule has 1 aliphatic carbocycles. The number of hydrogen-bond acceptors (Lipinski definition) is 5.